The van der Waals surface area contributed by atoms with Gasteiger partial charge in [-0.05, 0) is 32.0 Å². The Morgan fingerprint density at radius 3 is 2.53 bits per heavy atom. The van der Waals surface area contributed by atoms with E-state index < -0.39 is 0 Å². The summed E-state index contributed by atoms with van der Waals surface area (Å²) in [7, 11) is 0. The highest BCUT2D eigenvalue weighted by atomic mass is 15.3. The van der Waals surface area contributed by atoms with Gasteiger partial charge in [-0.3, -0.25) is 0 Å². The van der Waals surface area contributed by atoms with Gasteiger partial charge < -0.3 is 10.2 Å². The van der Waals surface area contributed by atoms with E-state index in [0.29, 0.717) is 0 Å². The Hall–Kier alpha value is -1.88. The van der Waals surface area contributed by atoms with Crippen LogP contribution in [0, 0.1) is 13.8 Å². The Labute approximate surface area is 113 Å². The second-order valence-corrected chi connectivity index (χ2v) is 4.87. The second-order valence-electron chi connectivity index (χ2n) is 4.87. The maximum Gasteiger partial charge on any atom is 0.148 e. The summed E-state index contributed by atoms with van der Waals surface area (Å²) in [5, 5.41) is 7.82. The molecule has 0 spiro atoms. The van der Waals surface area contributed by atoms with Gasteiger partial charge in [0.25, 0.3) is 0 Å². The lowest BCUT2D eigenvalue weighted by atomic mass is 10.2. The van der Waals surface area contributed by atoms with Gasteiger partial charge in [0.2, 0.25) is 0 Å². The summed E-state index contributed by atoms with van der Waals surface area (Å²) in [6.45, 7) is 8.11. The van der Waals surface area contributed by atoms with Crippen LogP contribution in [0.2, 0.25) is 0 Å². The van der Waals surface area contributed by atoms with Crippen LogP contribution in [-0.4, -0.2) is 40.9 Å². The number of anilines is 1. The minimum atomic E-state index is 0.810. The highest BCUT2D eigenvalue weighted by Crippen LogP contribution is 2.19. The van der Waals surface area contributed by atoms with Gasteiger partial charge in [-0.1, -0.05) is 6.07 Å². The lowest BCUT2D eigenvalue weighted by Gasteiger charge is -2.29. The van der Waals surface area contributed by atoms with E-state index in [1.165, 1.54) is 5.69 Å². The predicted molar refractivity (Wildman–Crippen MR) is 75.9 cm³/mol. The van der Waals surface area contributed by atoms with Gasteiger partial charge in [0.15, 0.2) is 0 Å². The average Bonchev–Trinajstić information content (AvgIpc) is 2.79. The standard InChI is InChI=1S/C14H19N5/c1-11-16-12(2)19(17-11)14-5-3-4-13(10-14)18-8-6-15-7-9-18/h3-5,10,15H,6-9H2,1-2H3. The summed E-state index contributed by atoms with van der Waals surface area (Å²) >= 11 is 0. The maximum atomic E-state index is 4.44. The van der Waals surface area contributed by atoms with Crippen molar-refractivity contribution in [3.05, 3.63) is 35.9 Å². The van der Waals surface area contributed by atoms with Crippen molar-refractivity contribution in [2.75, 3.05) is 31.1 Å². The summed E-state index contributed by atoms with van der Waals surface area (Å²) in [5.41, 5.74) is 2.33. The lowest BCUT2D eigenvalue weighted by Crippen LogP contribution is -2.43. The van der Waals surface area contributed by atoms with Crippen LogP contribution in [-0.2, 0) is 0 Å². The zero-order chi connectivity index (χ0) is 13.2. The fourth-order valence-electron chi connectivity index (χ4n) is 2.51. The van der Waals surface area contributed by atoms with E-state index in [2.05, 4.69) is 44.6 Å². The number of aryl methyl sites for hydroxylation is 2. The highest BCUT2D eigenvalue weighted by molar-refractivity contribution is 5.53. The molecule has 1 aliphatic rings. The average molecular weight is 257 g/mol. The number of piperazine rings is 1. The molecule has 1 saturated heterocycles. The summed E-state index contributed by atoms with van der Waals surface area (Å²) in [4.78, 5) is 6.76. The third kappa shape index (κ3) is 2.46. The molecule has 0 atom stereocenters. The highest BCUT2D eigenvalue weighted by Gasteiger charge is 2.12. The van der Waals surface area contributed by atoms with Gasteiger partial charge in [0.1, 0.15) is 11.6 Å². The van der Waals surface area contributed by atoms with Crippen molar-refractivity contribution in [3.8, 4) is 5.69 Å². The smallest absolute Gasteiger partial charge is 0.148 e. The van der Waals surface area contributed by atoms with Gasteiger partial charge in [-0.2, -0.15) is 5.10 Å². The first-order chi connectivity index (χ1) is 9.24. The maximum absolute atomic E-state index is 4.44. The summed E-state index contributed by atoms with van der Waals surface area (Å²) in [5.74, 6) is 1.74. The summed E-state index contributed by atoms with van der Waals surface area (Å²) in [6.07, 6.45) is 0. The van der Waals surface area contributed by atoms with Crippen LogP contribution in [0.4, 0.5) is 5.69 Å². The number of rotatable bonds is 2. The zero-order valence-electron chi connectivity index (χ0n) is 11.4. The molecule has 100 valence electrons. The summed E-state index contributed by atoms with van der Waals surface area (Å²) < 4.78 is 1.90. The molecule has 0 aliphatic carbocycles. The van der Waals surface area contributed by atoms with E-state index in [9.17, 15) is 0 Å². The van der Waals surface area contributed by atoms with Crippen LogP contribution in [0.15, 0.2) is 24.3 Å². The molecule has 5 heteroatoms. The molecule has 3 rings (SSSR count). The monoisotopic (exact) mass is 257 g/mol. The van der Waals surface area contributed by atoms with Crippen LogP contribution in [0.1, 0.15) is 11.6 Å². The quantitative estimate of drug-likeness (QED) is 0.880. The minimum Gasteiger partial charge on any atom is -0.369 e. The first-order valence-corrected chi connectivity index (χ1v) is 6.70. The second kappa shape index (κ2) is 5.01. The molecule has 1 aromatic carbocycles. The molecule has 19 heavy (non-hydrogen) atoms. The Balaban J connectivity index is 1.93. The third-order valence-electron chi connectivity index (χ3n) is 3.43. The van der Waals surface area contributed by atoms with Gasteiger partial charge in [0.05, 0.1) is 5.69 Å². The fraction of sp³-hybridized carbons (Fsp3) is 0.429. The van der Waals surface area contributed by atoms with Crippen molar-refractivity contribution in [2.45, 2.75) is 13.8 Å². The minimum absolute atomic E-state index is 0.810. The first-order valence-electron chi connectivity index (χ1n) is 6.70. The van der Waals surface area contributed by atoms with E-state index in [-0.39, 0.29) is 0 Å². The van der Waals surface area contributed by atoms with E-state index in [1.54, 1.807) is 0 Å². The topological polar surface area (TPSA) is 46.0 Å². The van der Waals surface area contributed by atoms with Crippen LogP contribution < -0.4 is 10.2 Å². The third-order valence-corrected chi connectivity index (χ3v) is 3.43. The molecular weight excluding hydrogens is 238 g/mol. The number of hydrogen-bond donors (Lipinski definition) is 1. The van der Waals surface area contributed by atoms with Crippen molar-refractivity contribution in [2.24, 2.45) is 0 Å². The fourth-order valence-corrected chi connectivity index (χ4v) is 2.51. The van der Waals surface area contributed by atoms with Crippen LogP contribution in [0.5, 0.6) is 0 Å². The van der Waals surface area contributed by atoms with Crippen molar-refractivity contribution in [1.82, 2.24) is 20.1 Å². The van der Waals surface area contributed by atoms with Crippen molar-refractivity contribution in [3.63, 3.8) is 0 Å². The van der Waals surface area contributed by atoms with Crippen LogP contribution in [0.3, 0.4) is 0 Å². The number of hydrogen-bond acceptors (Lipinski definition) is 4. The van der Waals surface area contributed by atoms with E-state index in [4.69, 9.17) is 0 Å². The molecule has 5 nitrogen and oxygen atoms in total. The van der Waals surface area contributed by atoms with Crippen molar-refractivity contribution < 1.29 is 0 Å². The molecule has 0 radical (unpaired) electrons. The summed E-state index contributed by atoms with van der Waals surface area (Å²) in [6, 6.07) is 8.51. The molecular formula is C14H19N5. The van der Waals surface area contributed by atoms with Crippen molar-refractivity contribution >= 4 is 5.69 Å². The SMILES string of the molecule is Cc1nc(C)n(-c2cccc(N3CCNCC3)c2)n1. The molecule has 0 bridgehead atoms. The lowest BCUT2D eigenvalue weighted by molar-refractivity contribution is 0.589. The van der Waals surface area contributed by atoms with Crippen LogP contribution in [0.25, 0.3) is 5.69 Å². The molecule has 0 amide bonds. The molecule has 1 aromatic heterocycles. The molecule has 1 fully saturated rings. The van der Waals surface area contributed by atoms with Gasteiger partial charge >= 0.3 is 0 Å². The van der Waals surface area contributed by atoms with Gasteiger partial charge in [-0.25, -0.2) is 9.67 Å². The molecule has 0 saturated carbocycles. The number of aromatic nitrogens is 3. The Bertz CT molecular complexity index is 569. The normalized spacial score (nSPS) is 15.8. The van der Waals surface area contributed by atoms with Gasteiger partial charge in [0, 0.05) is 31.9 Å². The number of benzene rings is 1. The zero-order valence-corrected chi connectivity index (χ0v) is 11.4. The Morgan fingerprint density at radius 1 is 1.11 bits per heavy atom. The molecule has 0 unspecified atom stereocenters. The van der Waals surface area contributed by atoms with Crippen LogP contribution >= 0.6 is 0 Å². The first kappa shape index (κ1) is 12.2. The Kier molecular flexibility index (Phi) is 3.21. The van der Waals surface area contributed by atoms with E-state index in [0.717, 1.165) is 43.5 Å². The number of nitrogens with zero attached hydrogens (tertiary/aromatic N) is 4. The number of nitrogens with one attached hydrogen (secondary N) is 1. The van der Waals surface area contributed by atoms with Crippen molar-refractivity contribution in [1.29, 1.82) is 0 Å². The predicted octanol–water partition coefficient (Wildman–Crippen LogP) is 1.29. The van der Waals surface area contributed by atoms with Gasteiger partial charge in [-0.15, -0.1) is 0 Å². The van der Waals surface area contributed by atoms with E-state index >= 15 is 0 Å². The molecule has 1 aliphatic heterocycles. The Morgan fingerprint density at radius 2 is 1.84 bits per heavy atom. The largest absolute Gasteiger partial charge is 0.369 e. The molecule has 1 N–H and O–H groups in total. The van der Waals surface area contributed by atoms with E-state index in [1.807, 2.05) is 18.5 Å². The molecule has 2 aromatic rings. The molecule has 2 heterocycles.